The summed E-state index contributed by atoms with van der Waals surface area (Å²) >= 11 is 0. The molecule has 2 aromatic rings. The second kappa shape index (κ2) is 11.5. The summed E-state index contributed by atoms with van der Waals surface area (Å²) in [6.45, 7) is 4.13. The van der Waals surface area contributed by atoms with Gasteiger partial charge in [0.1, 0.15) is 11.4 Å². The number of halogens is 2. The molecule has 0 heterocycles. The summed E-state index contributed by atoms with van der Waals surface area (Å²) in [4.78, 5) is 10.6. The van der Waals surface area contributed by atoms with Gasteiger partial charge in [0.15, 0.2) is 0 Å². The van der Waals surface area contributed by atoms with Crippen LogP contribution in [0.2, 0.25) is 0 Å². The van der Waals surface area contributed by atoms with Crippen LogP contribution < -0.4 is 10.2 Å². The summed E-state index contributed by atoms with van der Waals surface area (Å²) in [6, 6.07) is 16.9. The number of rotatable bonds is 7. The summed E-state index contributed by atoms with van der Waals surface area (Å²) in [5.41, 5.74) is 2.61. The monoisotopic (exact) mass is 409 g/mol. The molecule has 29 heavy (non-hydrogen) atoms. The van der Waals surface area contributed by atoms with Crippen LogP contribution >= 0.6 is 0 Å². The Bertz CT molecular complexity index is 764. The molecule has 1 amide bonds. The number of hydrogen-bond acceptors (Lipinski definition) is 4. The van der Waals surface area contributed by atoms with E-state index in [0.717, 1.165) is 26.0 Å². The minimum absolute atomic E-state index is 0.831. The van der Waals surface area contributed by atoms with Crippen LogP contribution in [0.3, 0.4) is 0 Å². The third kappa shape index (κ3) is 7.11. The number of ether oxygens (including phenoxy) is 1. The van der Waals surface area contributed by atoms with Crippen molar-refractivity contribution in [3.05, 3.63) is 54.1 Å². The van der Waals surface area contributed by atoms with E-state index in [1.54, 1.807) is 7.11 Å². The Balaban J connectivity index is 0.000000311. The van der Waals surface area contributed by atoms with Crippen LogP contribution in [0.1, 0.15) is 32.8 Å². The van der Waals surface area contributed by atoms with Crippen LogP contribution in [-0.2, 0) is 11.2 Å². The maximum atomic E-state index is 12.0. The lowest BCUT2D eigenvalue weighted by atomic mass is 9.91. The number of carbonyl (C=O) groups excluding carboxylic acids is 1. The first-order valence-electron chi connectivity index (χ1n) is 9.35. The molecule has 0 aliphatic carbocycles. The number of aryl methyl sites for hydroxylation is 1. The van der Waals surface area contributed by atoms with Gasteiger partial charge in [0.05, 0.1) is 13.0 Å². The van der Waals surface area contributed by atoms with Crippen molar-refractivity contribution in [1.82, 2.24) is 5.48 Å². The highest BCUT2D eigenvalue weighted by Gasteiger charge is 2.41. The second-order valence-electron chi connectivity index (χ2n) is 6.90. The molecule has 2 aromatic carbocycles. The van der Waals surface area contributed by atoms with Crippen molar-refractivity contribution in [3.63, 3.8) is 0 Å². The van der Waals surface area contributed by atoms with E-state index in [9.17, 15) is 13.6 Å². The van der Waals surface area contributed by atoms with Crippen molar-refractivity contribution in [2.75, 3.05) is 7.11 Å². The molecule has 2 atom stereocenters. The molecular weight excluding hydrogens is 380 g/mol. The number of nitrogens with one attached hydrogen (secondary N) is 1. The summed E-state index contributed by atoms with van der Waals surface area (Å²) < 4.78 is 29.3. The summed E-state index contributed by atoms with van der Waals surface area (Å²) in [5.74, 6) is -1.51. The number of hydrogen-bond donors (Lipinski definition) is 3. The largest absolute Gasteiger partial charge is 0.497 e. The highest BCUT2D eigenvalue weighted by Crippen LogP contribution is 2.25. The molecule has 5 nitrogen and oxygen atoms in total. The fourth-order valence-electron chi connectivity index (χ4n) is 2.51. The van der Waals surface area contributed by atoms with E-state index in [1.807, 2.05) is 12.1 Å². The predicted molar refractivity (Wildman–Crippen MR) is 108 cm³/mol. The second-order valence-corrected chi connectivity index (χ2v) is 6.90. The molecule has 0 saturated carbocycles. The lowest BCUT2D eigenvalue weighted by Crippen LogP contribution is -2.47. The van der Waals surface area contributed by atoms with E-state index >= 15 is 0 Å². The molecule has 0 radical (unpaired) electrons. The van der Waals surface area contributed by atoms with Gasteiger partial charge in [-0.25, -0.2) is 14.3 Å². The van der Waals surface area contributed by atoms with Crippen molar-refractivity contribution >= 4 is 5.91 Å². The Morgan fingerprint density at radius 3 is 2.28 bits per heavy atom. The molecular formula is C22H29F2NO4. The average molecular weight is 409 g/mol. The first kappa shape index (κ1) is 24.5. The van der Waals surface area contributed by atoms with Gasteiger partial charge in [-0.3, -0.25) is 10.0 Å². The van der Waals surface area contributed by atoms with Gasteiger partial charge < -0.3 is 9.84 Å². The first-order valence-corrected chi connectivity index (χ1v) is 9.35. The van der Waals surface area contributed by atoms with E-state index in [4.69, 9.17) is 15.1 Å². The number of benzene rings is 2. The molecule has 0 fully saturated rings. The maximum Gasteiger partial charge on any atom is 0.267 e. The van der Waals surface area contributed by atoms with Gasteiger partial charge in [-0.05, 0) is 42.2 Å². The minimum Gasteiger partial charge on any atom is -0.497 e. The Kier molecular flexibility index (Phi) is 9.71. The Morgan fingerprint density at radius 1 is 1.17 bits per heavy atom. The zero-order valence-corrected chi connectivity index (χ0v) is 17.2. The number of methoxy groups -OCH3 is 1. The van der Waals surface area contributed by atoms with Crippen molar-refractivity contribution < 1.29 is 28.6 Å². The molecule has 0 aromatic heterocycles. The Hall–Kier alpha value is -2.51. The SMILES string of the molecule is CC(C(=O)NO)C(C)(O)C(F)F.CCCc1ccc(-c2cccc(OC)c2)cc1. The number of amides is 1. The summed E-state index contributed by atoms with van der Waals surface area (Å²) in [6.07, 6.45) is -0.693. The van der Waals surface area contributed by atoms with E-state index in [-0.39, 0.29) is 0 Å². The van der Waals surface area contributed by atoms with Crippen molar-refractivity contribution in [3.8, 4) is 16.9 Å². The average Bonchev–Trinajstić information content (AvgIpc) is 2.73. The molecule has 7 heteroatoms. The van der Waals surface area contributed by atoms with Gasteiger partial charge in [0, 0.05) is 0 Å². The van der Waals surface area contributed by atoms with Gasteiger partial charge >= 0.3 is 0 Å². The molecule has 3 N–H and O–H groups in total. The minimum atomic E-state index is -3.04. The first-order chi connectivity index (χ1) is 13.7. The standard InChI is InChI=1S/C16H18O.C6H11F2NO3/c1-3-5-13-8-10-14(11-9-13)15-6-4-7-16(12-15)17-2;1-3(4(10)9-12)6(2,11)5(7)8/h4,6-12H,3,5H2,1-2H3;3,5,11-12H,1-2H3,(H,9,10). The van der Waals surface area contributed by atoms with Gasteiger partial charge in [-0.2, -0.15) is 0 Å². The Morgan fingerprint density at radius 2 is 1.79 bits per heavy atom. The molecule has 0 bridgehead atoms. The van der Waals surface area contributed by atoms with Gasteiger partial charge in [-0.15, -0.1) is 0 Å². The normalized spacial score (nSPS) is 13.7. The third-order valence-electron chi connectivity index (χ3n) is 4.72. The lowest BCUT2D eigenvalue weighted by Gasteiger charge is -2.27. The molecule has 2 unspecified atom stereocenters. The van der Waals surface area contributed by atoms with Crippen LogP contribution in [-0.4, -0.2) is 35.4 Å². The molecule has 0 saturated heterocycles. The highest BCUT2D eigenvalue weighted by atomic mass is 19.3. The van der Waals surface area contributed by atoms with E-state index in [1.165, 1.54) is 28.6 Å². The van der Waals surface area contributed by atoms with Crippen molar-refractivity contribution in [2.24, 2.45) is 5.92 Å². The summed E-state index contributed by atoms with van der Waals surface area (Å²) in [7, 11) is 1.70. The number of alkyl halides is 2. The highest BCUT2D eigenvalue weighted by molar-refractivity contribution is 5.78. The van der Waals surface area contributed by atoms with E-state index in [2.05, 4.69) is 43.3 Å². The quantitative estimate of drug-likeness (QED) is 0.466. The van der Waals surface area contributed by atoms with Crippen LogP contribution in [0, 0.1) is 5.92 Å². The summed E-state index contributed by atoms with van der Waals surface area (Å²) in [5, 5.41) is 17.1. The number of hydroxylamine groups is 1. The lowest BCUT2D eigenvalue weighted by molar-refractivity contribution is -0.156. The van der Waals surface area contributed by atoms with Crippen LogP contribution in [0.15, 0.2) is 48.5 Å². The molecule has 0 aliphatic rings. The molecule has 0 aliphatic heterocycles. The third-order valence-corrected chi connectivity index (χ3v) is 4.72. The van der Waals surface area contributed by atoms with E-state index < -0.39 is 23.9 Å². The van der Waals surface area contributed by atoms with Crippen LogP contribution in [0.5, 0.6) is 5.75 Å². The Labute approximate surface area is 170 Å². The van der Waals surface area contributed by atoms with Gasteiger partial charge in [0.25, 0.3) is 6.43 Å². The fraction of sp³-hybridized carbons (Fsp3) is 0.409. The number of aliphatic hydroxyl groups is 1. The van der Waals surface area contributed by atoms with E-state index in [0.29, 0.717) is 0 Å². The number of carbonyl (C=O) groups is 1. The molecule has 0 spiro atoms. The zero-order chi connectivity index (χ0) is 22.0. The maximum absolute atomic E-state index is 12.0. The molecule has 2 rings (SSSR count). The molecule has 160 valence electrons. The van der Waals surface area contributed by atoms with Crippen LogP contribution in [0.4, 0.5) is 8.78 Å². The fourth-order valence-corrected chi connectivity index (χ4v) is 2.51. The van der Waals surface area contributed by atoms with Crippen molar-refractivity contribution in [1.29, 1.82) is 0 Å². The smallest absolute Gasteiger partial charge is 0.267 e. The zero-order valence-electron chi connectivity index (χ0n) is 17.2. The van der Waals surface area contributed by atoms with Crippen molar-refractivity contribution in [2.45, 2.75) is 45.6 Å². The van der Waals surface area contributed by atoms with Crippen LogP contribution in [0.25, 0.3) is 11.1 Å². The predicted octanol–water partition coefficient (Wildman–Crippen LogP) is 4.46. The van der Waals surface area contributed by atoms with Gasteiger partial charge in [0.2, 0.25) is 5.91 Å². The topological polar surface area (TPSA) is 78.8 Å². The van der Waals surface area contributed by atoms with Gasteiger partial charge in [-0.1, -0.05) is 56.7 Å².